The van der Waals surface area contributed by atoms with Crippen molar-refractivity contribution < 1.29 is 9.53 Å². The van der Waals surface area contributed by atoms with Gasteiger partial charge in [-0.2, -0.15) is 0 Å². The van der Waals surface area contributed by atoms with Gasteiger partial charge in [0.15, 0.2) is 5.13 Å². The average Bonchev–Trinajstić information content (AvgIpc) is 3.07. The van der Waals surface area contributed by atoms with Crippen molar-refractivity contribution in [1.29, 1.82) is 0 Å². The summed E-state index contributed by atoms with van der Waals surface area (Å²) in [5.74, 6) is 0.714. The lowest BCUT2D eigenvalue weighted by atomic mass is 9.90. The minimum absolute atomic E-state index is 0.0987. The highest BCUT2D eigenvalue weighted by molar-refractivity contribution is 7.16. The summed E-state index contributed by atoms with van der Waals surface area (Å²) in [5.41, 5.74) is 5.30. The first-order chi connectivity index (χ1) is 13.1. The molecule has 0 unspecified atom stereocenters. The minimum atomic E-state index is -0.0987. The summed E-state index contributed by atoms with van der Waals surface area (Å²) >= 11 is 1.50. The molecule has 1 heterocycles. The van der Waals surface area contributed by atoms with Gasteiger partial charge in [0.1, 0.15) is 5.75 Å². The van der Waals surface area contributed by atoms with Crippen molar-refractivity contribution in [2.45, 2.75) is 32.6 Å². The highest BCUT2D eigenvalue weighted by Gasteiger charge is 2.16. The molecule has 0 spiro atoms. The maximum absolute atomic E-state index is 12.7. The molecule has 1 N–H and O–H groups in total. The molecule has 0 radical (unpaired) electrons. The van der Waals surface area contributed by atoms with Crippen LogP contribution in [0.2, 0.25) is 0 Å². The Labute approximate surface area is 163 Å². The quantitative estimate of drug-likeness (QED) is 0.674. The van der Waals surface area contributed by atoms with Gasteiger partial charge in [-0.3, -0.25) is 10.1 Å². The first-order valence-corrected chi connectivity index (χ1v) is 10.0. The van der Waals surface area contributed by atoms with Gasteiger partial charge in [0.05, 0.1) is 12.8 Å². The molecule has 138 valence electrons. The van der Waals surface area contributed by atoms with Gasteiger partial charge in [0.25, 0.3) is 5.91 Å². The van der Waals surface area contributed by atoms with E-state index < -0.39 is 0 Å². The third kappa shape index (κ3) is 3.74. The second-order valence-electron chi connectivity index (χ2n) is 6.80. The first kappa shape index (κ1) is 17.7. The van der Waals surface area contributed by atoms with E-state index in [1.54, 1.807) is 7.11 Å². The highest BCUT2D eigenvalue weighted by Crippen LogP contribution is 2.31. The van der Waals surface area contributed by atoms with Crippen LogP contribution in [-0.4, -0.2) is 18.0 Å². The lowest BCUT2D eigenvalue weighted by Crippen LogP contribution is -2.13. The number of nitrogens with zero attached hydrogens (tertiary/aromatic N) is 1. The van der Waals surface area contributed by atoms with Crippen LogP contribution < -0.4 is 10.1 Å². The van der Waals surface area contributed by atoms with Crippen molar-refractivity contribution in [2.24, 2.45) is 0 Å². The number of aromatic nitrogens is 1. The van der Waals surface area contributed by atoms with Crippen LogP contribution in [0.1, 0.15) is 39.2 Å². The maximum atomic E-state index is 12.7. The minimum Gasteiger partial charge on any atom is -0.497 e. The van der Waals surface area contributed by atoms with Gasteiger partial charge in [-0.15, -0.1) is 11.3 Å². The zero-order valence-electron chi connectivity index (χ0n) is 15.5. The molecule has 1 aromatic heterocycles. The van der Waals surface area contributed by atoms with E-state index in [0.29, 0.717) is 10.7 Å². The Morgan fingerprint density at radius 1 is 1.07 bits per heavy atom. The molecule has 0 fully saturated rings. The van der Waals surface area contributed by atoms with Gasteiger partial charge >= 0.3 is 0 Å². The largest absolute Gasteiger partial charge is 0.497 e. The Hall–Kier alpha value is -2.66. The van der Waals surface area contributed by atoms with Crippen molar-refractivity contribution in [1.82, 2.24) is 4.98 Å². The van der Waals surface area contributed by atoms with Crippen LogP contribution in [0.4, 0.5) is 5.13 Å². The van der Waals surface area contributed by atoms with Crippen molar-refractivity contribution in [3.8, 4) is 17.0 Å². The number of fused-ring (bicyclic) bond motifs is 1. The van der Waals surface area contributed by atoms with E-state index in [1.165, 1.54) is 35.3 Å². The summed E-state index contributed by atoms with van der Waals surface area (Å²) in [5, 5.41) is 3.59. The number of rotatable bonds is 4. The number of anilines is 1. The second-order valence-corrected chi connectivity index (χ2v) is 8.00. The molecule has 1 aliphatic rings. The number of thiazole rings is 1. The second kappa shape index (κ2) is 7.53. The predicted molar refractivity (Wildman–Crippen MR) is 110 cm³/mol. The molecular weight excluding hydrogens is 356 g/mol. The van der Waals surface area contributed by atoms with Gasteiger partial charge in [0.2, 0.25) is 0 Å². The summed E-state index contributed by atoms with van der Waals surface area (Å²) in [6, 6.07) is 13.9. The number of amides is 1. The molecule has 1 aliphatic carbocycles. The number of aryl methyl sites for hydroxylation is 3. The van der Waals surface area contributed by atoms with Gasteiger partial charge in [-0.25, -0.2) is 4.98 Å². The zero-order chi connectivity index (χ0) is 18.8. The van der Waals surface area contributed by atoms with Crippen molar-refractivity contribution >= 4 is 22.4 Å². The van der Waals surface area contributed by atoms with Gasteiger partial charge in [-0.1, -0.05) is 6.07 Å². The van der Waals surface area contributed by atoms with Crippen LogP contribution in [0.5, 0.6) is 5.75 Å². The number of carbonyl (C=O) groups is 1. The normalized spacial score (nSPS) is 13.1. The van der Waals surface area contributed by atoms with E-state index >= 15 is 0 Å². The summed E-state index contributed by atoms with van der Waals surface area (Å²) in [4.78, 5) is 18.4. The SMILES string of the molecule is COc1ccc(-c2nc(NC(=O)c3ccc4c(c3)CCCC4)sc2C)cc1. The van der Waals surface area contributed by atoms with Crippen LogP contribution in [0.3, 0.4) is 0 Å². The number of nitrogens with one attached hydrogen (secondary N) is 1. The molecule has 2 aromatic carbocycles. The number of hydrogen-bond acceptors (Lipinski definition) is 4. The van der Waals surface area contributed by atoms with E-state index in [9.17, 15) is 4.79 Å². The number of methoxy groups -OCH3 is 1. The third-order valence-electron chi connectivity index (χ3n) is 4.99. The highest BCUT2D eigenvalue weighted by atomic mass is 32.1. The Bertz CT molecular complexity index is 976. The lowest BCUT2D eigenvalue weighted by Gasteiger charge is -2.16. The Balaban J connectivity index is 1.53. The number of carbonyl (C=O) groups excluding carboxylic acids is 1. The summed E-state index contributed by atoms with van der Waals surface area (Å²) in [6.45, 7) is 2.02. The van der Waals surface area contributed by atoms with Gasteiger partial charge in [0, 0.05) is 16.0 Å². The number of hydrogen-bond donors (Lipinski definition) is 1. The molecule has 27 heavy (non-hydrogen) atoms. The van der Waals surface area contributed by atoms with Crippen LogP contribution in [0, 0.1) is 6.92 Å². The van der Waals surface area contributed by atoms with Crippen molar-refractivity contribution in [3.63, 3.8) is 0 Å². The molecule has 1 amide bonds. The van der Waals surface area contributed by atoms with Crippen molar-refractivity contribution in [3.05, 3.63) is 64.0 Å². The lowest BCUT2D eigenvalue weighted by molar-refractivity contribution is 0.102. The summed E-state index contributed by atoms with van der Waals surface area (Å²) in [6.07, 6.45) is 4.63. The van der Waals surface area contributed by atoms with Gasteiger partial charge in [-0.05, 0) is 80.1 Å². The fourth-order valence-electron chi connectivity index (χ4n) is 3.51. The maximum Gasteiger partial charge on any atom is 0.257 e. The number of benzene rings is 2. The van der Waals surface area contributed by atoms with Crippen LogP contribution in [0.25, 0.3) is 11.3 Å². The molecule has 5 heteroatoms. The topological polar surface area (TPSA) is 51.2 Å². The summed E-state index contributed by atoms with van der Waals surface area (Å²) < 4.78 is 5.21. The average molecular weight is 378 g/mol. The molecule has 0 saturated heterocycles. The smallest absolute Gasteiger partial charge is 0.257 e. The van der Waals surface area contributed by atoms with Crippen LogP contribution >= 0.6 is 11.3 Å². The summed E-state index contributed by atoms with van der Waals surface area (Å²) in [7, 11) is 1.65. The van der Waals surface area contributed by atoms with Crippen LogP contribution in [0.15, 0.2) is 42.5 Å². The standard InChI is InChI=1S/C22H22N2O2S/c1-14-20(16-9-11-19(26-2)12-10-16)23-22(27-14)24-21(25)18-8-7-15-5-3-4-6-17(15)13-18/h7-13H,3-6H2,1-2H3,(H,23,24,25). The van der Waals surface area contributed by atoms with E-state index in [4.69, 9.17) is 4.74 Å². The Morgan fingerprint density at radius 3 is 2.56 bits per heavy atom. The van der Waals surface area contributed by atoms with Crippen molar-refractivity contribution in [2.75, 3.05) is 12.4 Å². The predicted octanol–water partition coefficient (Wildman–Crippen LogP) is 5.26. The monoisotopic (exact) mass is 378 g/mol. The molecule has 0 atom stereocenters. The van der Waals surface area contributed by atoms with Crippen LogP contribution in [-0.2, 0) is 12.8 Å². The first-order valence-electron chi connectivity index (χ1n) is 9.19. The Morgan fingerprint density at radius 2 is 1.81 bits per heavy atom. The number of ether oxygens (including phenoxy) is 1. The Kier molecular flexibility index (Phi) is 4.94. The fourth-order valence-corrected chi connectivity index (χ4v) is 4.34. The molecular formula is C22H22N2O2S. The molecule has 0 saturated carbocycles. The van der Waals surface area contributed by atoms with E-state index in [0.717, 1.165) is 34.7 Å². The molecule has 4 rings (SSSR count). The molecule has 4 nitrogen and oxygen atoms in total. The fraction of sp³-hybridized carbons (Fsp3) is 0.273. The zero-order valence-corrected chi connectivity index (χ0v) is 16.4. The van der Waals surface area contributed by atoms with E-state index in [1.807, 2.05) is 43.3 Å². The van der Waals surface area contributed by atoms with E-state index in [2.05, 4.69) is 16.4 Å². The molecule has 0 bridgehead atoms. The van der Waals surface area contributed by atoms with E-state index in [-0.39, 0.29) is 5.91 Å². The molecule has 3 aromatic rings. The third-order valence-corrected chi connectivity index (χ3v) is 5.88. The van der Waals surface area contributed by atoms with Gasteiger partial charge < -0.3 is 4.74 Å². The molecule has 0 aliphatic heterocycles.